The summed E-state index contributed by atoms with van der Waals surface area (Å²) in [5, 5.41) is 0. The van der Waals surface area contributed by atoms with Gasteiger partial charge in [-0.3, -0.25) is 4.79 Å². The Bertz CT molecular complexity index is 1130. The fourth-order valence-electron chi connectivity index (χ4n) is 6.14. The van der Waals surface area contributed by atoms with Crippen molar-refractivity contribution in [3.63, 3.8) is 0 Å². The van der Waals surface area contributed by atoms with E-state index in [1.165, 1.54) is 32.1 Å². The molecule has 0 unspecified atom stereocenters. The quantitative estimate of drug-likeness (QED) is 0.561. The van der Waals surface area contributed by atoms with Crippen LogP contribution < -0.4 is 4.90 Å². The van der Waals surface area contributed by atoms with Crippen LogP contribution in [-0.2, 0) is 24.3 Å². The van der Waals surface area contributed by atoms with Gasteiger partial charge in [-0.1, -0.05) is 19.3 Å². The van der Waals surface area contributed by atoms with Gasteiger partial charge in [0.05, 0.1) is 18.7 Å². The van der Waals surface area contributed by atoms with Crippen molar-refractivity contribution in [2.24, 2.45) is 5.92 Å². The minimum absolute atomic E-state index is 0.0326. The smallest absolute Gasteiger partial charge is 0.228 e. The van der Waals surface area contributed by atoms with E-state index in [9.17, 15) is 4.79 Å². The van der Waals surface area contributed by atoms with E-state index in [4.69, 9.17) is 9.40 Å². The number of imidazole rings is 1. The molecule has 1 amide bonds. The number of nitrogens with zero attached hydrogens (tertiary/aromatic N) is 6. The number of furan rings is 1. The third-order valence-electron chi connectivity index (χ3n) is 7.90. The van der Waals surface area contributed by atoms with Crippen LogP contribution in [0.4, 0.5) is 5.82 Å². The number of piperidine rings is 1. The standard InChI is InChI=1S/C26H34N6O2/c33-26(32(20-9-3-4-10-20)17-21-11-7-15-34-21)19-8-6-13-30(16-19)24-23-25(28-18-27-24)31-14-5-1-2-12-22(31)29-23/h7,11,15,18-20H,1-6,8-10,12-14,16-17H2/t19-/m0/s1. The van der Waals surface area contributed by atoms with Crippen LogP contribution in [0.15, 0.2) is 29.1 Å². The molecular weight excluding hydrogens is 428 g/mol. The first-order chi connectivity index (χ1) is 16.8. The van der Waals surface area contributed by atoms with Gasteiger partial charge in [-0.25, -0.2) is 15.0 Å². The van der Waals surface area contributed by atoms with Gasteiger partial charge in [0.15, 0.2) is 17.0 Å². The van der Waals surface area contributed by atoms with Crippen LogP contribution in [0.2, 0.25) is 0 Å². The molecule has 1 saturated carbocycles. The first-order valence-electron chi connectivity index (χ1n) is 13.1. The Morgan fingerprint density at radius 1 is 1.06 bits per heavy atom. The lowest BCUT2D eigenvalue weighted by molar-refractivity contribution is -0.139. The zero-order valence-corrected chi connectivity index (χ0v) is 19.9. The molecule has 5 heterocycles. The van der Waals surface area contributed by atoms with Gasteiger partial charge in [0.25, 0.3) is 0 Å². The van der Waals surface area contributed by atoms with Gasteiger partial charge in [0.1, 0.15) is 17.9 Å². The van der Waals surface area contributed by atoms with E-state index in [1.54, 1.807) is 12.6 Å². The summed E-state index contributed by atoms with van der Waals surface area (Å²) in [6.45, 7) is 3.14. The lowest BCUT2D eigenvalue weighted by Gasteiger charge is -2.37. The van der Waals surface area contributed by atoms with Crippen molar-refractivity contribution in [3.8, 4) is 0 Å². The molecule has 0 N–H and O–H groups in total. The van der Waals surface area contributed by atoms with Gasteiger partial charge in [-0.2, -0.15) is 0 Å². The number of anilines is 1. The number of fused-ring (bicyclic) bond motifs is 3. The third kappa shape index (κ3) is 4.07. The summed E-state index contributed by atoms with van der Waals surface area (Å²) in [4.78, 5) is 32.5. The Hall–Kier alpha value is -2.90. The summed E-state index contributed by atoms with van der Waals surface area (Å²) in [6, 6.07) is 4.20. The van der Waals surface area contributed by atoms with Gasteiger partial charge >= 0.3 is 0 Å². The molecule has 1 saturated heterocycles. The maximum atomic E-state index is 13.9. The van der Waals surface area contributed by atoms with Crippen molar-refractivity contribution in [2.45, 2.75) is 83.3 Å². The normalized spacial score (nSPS) is 21.5. The van der Waals surface area contributed by atoms with E-state index < -0.39 is 0 Å². The number of aromatic nitrogens is 4. The summed E-state index contributed by atoms with van der Waals surface area (Å²) in [5.41, 5.74) is 1.84. The molecule has 2 aliphatic heterocycles. The summed E-state index contributed by atoms with van der Waals surface area (Å²) in [6.07, 6.45) is 14.5. The lowest BCUT2D eigenvalue weighted by atomic mass is 9.95. The zero-order valence-electron chi connectivity index (χ0n) is 19.9. The molecule has 1 aliphatic carbocycles. The number of carbonyl (C=O) groups excluding carboxylic acids is 1. The second-order valence-corrected chi connectivity index (χ2v) is 10.1. The monoisotopic (exact) mass is 462 g/mol. The first kappa shape index (κ1) is 21.6. The molecule has 0 aromatic carbocycles. The fourth-order valence-corrected chi connectivity index (χ4v) is 6.14. The third-order valence-corrected chi connectivity index (χ3v) is 7.90. The molecular formula is C26H34N6O2. The number of rotatable bonds is 5. The van der Waals surface area contributed by atoms with E-state index in [-0.39, 0.29) is 11.8 Å². The molecule has 0 radical (unpaired) electrons. The van der Waals surface area contributed by atoms with E-state index in [0.717, 1.165) is 73.8 Å². The average Bonchev–Trinajstić information content (AvgIpc) is 3.62. The minimum Gasteiger partial charge on any atom is -0.467 e. The summed E-state index contributed by atoms with van der Waals surface area (Å²) < 4.78 is 7.90. The highest BCUT2D eigenvalue weighted by Crippen LogP contribution is 2.32. The van der Waals surface area contributed by atoms with E-state index in [0.29, 0.717) is 19.1 Å². The predicted molar refractivity (Wildman–Crippen MR) is 129 cm³/mol. The largest absolute Gasteiger partial charge is 0.467 e. The maximum absolute atomic E-state index is 13.9. The molecule has 3 aliphatic rings. The Morgan fingerprint density at radius 3 is 2.82 bits per heavy atom. The van der Waals surface area contributed by atoms with Crippen molar-refractivity contribution >= 4 is 22.9 Å². The second-order valence-electron chi connectivity index (χ2n) is 10.1. The molecule has 2 fully saturated rings. The van der Waals surface area contributed by atoms with Crippen LogP contribution in [0.1, 0.15) is 69.4 Å². The molecule has 34 heavy (non-hydrogen) atoms. The Morgan fingerprint density at radius 2 is 1.97 bits per heavy atom. The highest BCUT2D eigenvalue weighted by Gasteiger charge is 2.35. The topological polar surface area (TPSA) is 80.3 Å². The van der Waals surface area contributed by atoms with Crippen molar-refractivity contribution in [1.82, 2.24) is 24.4 Å². The molecule has 180 valence electrons. The van der Waals surface area contributed by atoms with Crippen LogP contribution >= 0.6 is 0 Å². The Kier molecular flexibility index (Phi) is 5.97. The van der Waals surface area contributed by atoms with Crippen LogP contribution in [0.3, 0.4) is 0 Å². The van der Waals surface area contributed by atoms with Gasteiger partial charge in [0, 0.05) is 32.1 Å². The van der Waals surface area contributed by atoms with E-state index >= 15 is 0 Å². The molecule has 0 bridgehead atoms. The summed E-state index contributed by atoms with van der Waals surface area (Å²) in [5.74, 6) is 3.12. The summed E-state index contributed by atoms with van der Waals surface area (Å²) >= 11 is 0. The van der Waals surface area contributed by atoms with Crippen molar-refractivity contribution in [3.05, 3.63) is 36.3 Å². The van der Waals surface area contributed by atoms with Crippen LogP contribution in [0, 0.1) is 5.92 Å². The first-order valence-corrected chi connectivity index (χ1v) is 13.1. The molecule has 8 nitrogen and oxygen atoms in total. The number of aryl methyl sites for hydroxylation is 2. The van der Waals surface area contributed by atoms with E-state index in [1.807, 2.05) is 12.1 Å². The Balaban J connectivity index is 1.25. The zero-order chi connectivity index (χ0) is 22.9. The number of hydrogen-bond donors (Lipinski definition) is 0. The molecule has 0 spiro atoms. The number of carbonyl (C=O) groups is 1. The van der Waals surface area contributed by atoms with Crippen molar-refractivity contribution in [2.75, 3.05) is 18.0 Å². The SMILES string of the molecule is O=C([C@H]1CCCN(c2ncnc3c2nc2n3CCCCC2)C1)N(Cc1ccco1)C1CCCC1. The summed E-state index contributed by atoms with van der Waals surface area (Å²) in [7, 11) is 0. The number of hydrogen-bond acceptors (Lipinski definition) is 6. The molecule has 3 aromatic heterocycles. The number of amides is 1. The molecule has 3 aromatic rings. The highest BCUT2D eigenvalue weighted by molar-refractivity contribution is 5.85. The maximum Gasteiger partial charge on any atom is 0.228 e. The second kappa shape index (κ2) is 9.39. The predicted octanol–water partition coefficient (Wildman–Crippen LogP) is 4.33. The van der Waals surface area contributed by atoms with Crippen LogP contribution in [0.25, 0.3) is 11.2 Å². The lowest BCUT2D eigenvalue weighted by Crippen LogP contribution is -2.47. The van der Waals surface area contributed by atoms with E-state index in [2.05, 4.69) is 24.3 Å². The van der Waals surface area contributed by atoms with Gasteiger partial charge in [-0.15, -0.1) is 0 Å². The van der Waals surface area contributed by atoms with Crippen LogP contribution in [-0.4, -0.2) is 49.5 Å². The van der Waals surface area contributed by atoms with Gasteiger partial charge in [-0.05, 0) is 50.7 Å². The van der Waals surface area contributed by atoms with Crippen molar-refractivity contribution in [1.29, 1.82) is 0 Å². The fraction of sp³-hybridized carbons (Fsp3) is 0.615. The van der Waals surface area contributed by atoms with Gasteiger partial charge in [0.2, 0.25) is 5.91 Å². The molecule has 6 rings (SSSR count). The molecule has 1 atom stereocenters. The minimum atomic E-state index is -0.0326. The van der Waals surface area contributed by atoms with Crippen LogP contribution in [0.5, 0.6) is 0 Å². The molecule has 8 heteroatoms. The van der Waals surface area contributed by atoms with Crippen molar-refractivity contribution < 1.29 is 9.21 Å². The Labute approximate surface area is 200 Å². The highest BCUT2D eigenvalue weighted by atomic mass is 16.3. The van der Waals surface area contributed by atoms with Gasteiger partial charge < -0.3 is 18.8 Å². The average molecular weight is 463 g/mol.